The molecule has 2 N–H and O–H groups in total. The molecule has 2 rings (SSSR count). The second-order valence-electron chi connectivity index (χ2n) is 6.86. The van der Waals surface area contributed by atoms with E-state index in [4.69, 9.17) is 0 Å². The Kier molecular flexibility index (Phi) is 7.25. The smallest absolute Gasteiger partial charge is 0.147 e. The largest absolute Gasteiger partial charge is 0.350 e. The fraction of sp³-hybridized carbons (Fsp3) is 0.600. The molecule has 1 aromatic carbocycles. The summed E-state index contributed by atoms with van der Waals surface area (Å²) in [5.41, 5.74) is 2.66. The molecular formula is C20H32FN3. The predicted molar refractivity (Wildman–Crippen MR) is 101 cm³/mol. The maximum absolute atomic E-state index is 14.8. The van der Waals surface area contributed by atoms with Gasteiger partial charge >= 0.3 is 0 Å². The van der Waals surface area contributed by atoms with E-state index in [1.807, 2.05) is 31.9 Å². The number of halogens is 1. The lowest BCUT2D eigenvalue weighted by Gasteiger charge is -2.32. The normalized spacial score (nSPS) is 16.8. The van der Waals surface area contributed by atoms with Crippen molar-refractivity contribution in [2.24, 2.45) is 0 Å². The van der Waals surface area contributed by atoms with E-state index in [2.05, 4.69) is 23.3 Å². The summed E-state index contributed by atoms with van der Waals surface area (Å²) in [4.78, 5) is 2.01. The van der Waals surface area contributed by atoms with E-state index in [0.717, 1.165) is 17.7 Å². The fourth-order valence-corrected chi connectivity index (χ4v) is 3.58. The molecule has 0 heterocycles. The molecule has 4 heteroatoms. The molecule has 0 radical (unpaired) electrons. The Morgan fingerprint density at radius 2 is 2.04 bits per heavy atom. The minimum Gasteiger partial charge on any atom is -0.350 e. The van der Waals surface area contributed by atoms with Crippen LogP contribution in [0.3, 0.4) is 0 Å². The lowest BCUT2D eigenvalue weighted by Crippen LogP contribution is -2.43. The Morgan fingerprint density at radius 3 is 2.62 bits per heavy atom. The molecule has 1 fully saturated rings. The Bertz CT molecular complexity index is 515. The van der Waals surface area contributed by atoms with Gasteiger partial charge in [-0.1, -0.05) is 31.4 Å². The van der Waals surface area contributed by atoms with Gasteiger partial charge in [0.15, 0.2) is 0 Å². The zero-order valence-electron chi connectivity index (χ0n) is 15.4. The van der Waals surface area contributed by atoms with Crippen LogP contribution in [-0.2, 0) is 6.54 Å². The highest BCUT2D eigenvalue weighted by Gasteiger charge is 2.19. The van der Waals surface area contributed by atoms with Crippen molar-refractivity contribution in [2.75, 3.05) is 18.5 Å². The highest BCUT2D eigenvalue weighted by atomic mass is 19.1. The SMILES string of the molecule is C=CCN(c1c(C)cc(CNC2CCCCC2)cc1F)C(C)NC. The Balaban J connectivity index is 2.12. The predicted octanol–water partition coefficient (Wildman–Crippen LogP) is 4.11. The zero-order chi connectivity index (χ0) is 17.5. The van der Waals surface area contributed by atoms with E-state index >= 15 is 0 Å². The molecule has 0 bridgehead atoms. The molecule has 1 saturated carbocycles. The van der Waals surface area contributed by atoms with Crippen LogP contribution in [0, 0.1) is 12.7 Å². The van der Waals surface area contributed by atoms with Crippen molar-refractivity contribution in [3.05, 3.63) is 41.7 Å². The third kappa shape index (κ3) is 4.81. The number of benzene rings is 1. The van der Waals surface area contributed by atoms with Crippen LogP contribution in [0.15, 0.2) is 24.8 Å². The second kappa shape index (κ2) is 9.19. The van der Waals surface area contributed by atoms with E-state index in [1.54, 1.807) is 6.07 Å². The van der Waals surface area contributed by atoms with Crippen LogP contribution in [0.25, 0.3) is 0 Å². The van der Waals surface area contributed by atoms with Crippen LogP contribution in [0.1, 0.15) is 50.2 Å². The van der Waals surface area contributed by atoms with Gasteiger partial charge < -0.3 is 15.5 Å². The highest BCUT2D eigenvalue weighted by molar-refractivity contribution is 5.56. The van der Waals surface area contributed by atoms with Gasteiger partial charge in [0, 0.05) is 19.1 Å². The number of hydrogen-bond donors (Lipinski definition) is 2. The molecule has 24 heavy (non-hydrogen) atoms. The summed E-state index contributed by atoms with van der Waals surface area (Å²) in [5.74, 6) is -0.153. The maximum Gasteiger partial charge on any atom is 0.147 e. The second-order valence-corrected chi connectivity index (χ2v) is 6.86. The zero-order valence-corrected chi connectivity index (χ0v) is 15.4. The quantitative estimate of drug-likeness (QED) is 0.554. The molecule has 0 aromatic heterocycles. The van der Waals surface area contributed by atoms with Crippen molar-refractivity contribution in [2.45, 2.75) is 64.7 Å². The van der Waals surface area contributed by atoms with Crippen LogP contribution in [0.2, 0.25) is 0 Å². The van der Waals surface area contributed by atoms with Gasteiger partial charge in [0.1, 0.15) is 5.82 Å². The number of rotatable bonds is 8. The van der Waals surface area contributed by atoms with Gasteiger partial charge in [-0.25, -0.2) is 4.39 Å². The van der Waals surface area contributed by atoms with Gasteiger partial charge in [0.2, 0.25) is 0 Å². The summed E-state index contributed by atoms with van der Waals surface area (Å²) >= 11 is 0. The van der Waals surface area contributed by atoms with Crippen molar-refractivity contribution >= 4 is 5.69 Å². The van der Waals surface area contributed by atoms with Crippen molar-refractivity contribution in [1.29, 1.82) is 0 Å². The number of nitrogens with one attached hydrogen (secondary N) is 2. The van der Waals surface area contributed by atoms with E-state index in [-0.39, 0.29) is 12.0 Å². The van der Waals surface area contributed by atoms with Crippen LogP contribution >= 0.6 is 0 Å². The maximum atomic E-state index is 14.8. The molecule has 0 amide bonds. The first-order valence-electron chi connectivity index (χ1n) is 9.14. The van der Waals surface area contributed by atoms with E-state index in [0.29, 0.717) is 18.3 Å². The Morgan fingerprint density at radius 1 is 1.33 bits per heavy atom. The molecule has 1 unspecified atom stereocenters. The summed E-state index contributed by atoms with van der Waals surface area (Å²) in [5, 5.41) is 6.78. The Labute approximate surface area is 146 Å². The minimum absolute atomic E-state index is 0.0439. The van der Waals surface area contributed by atoms with Crippen LogP contribution in [-0.4, -0.2) is 25.8 Å². The van der Waals surface area contributed by atoms with Crippen LogP contribution in [0.5, 0.6) is 0 Å². The van der Waals surface area contributed by atoms with E-state index in [1.165, 1.54) is 32.1 Å². The van der Waals surface area contributed by atoms with Crippen LogP contribution < -0.4 is 15.5 Å². The molecule has 1 aromatic rings. The lowest BCUT2D eigenvalue weighted by molar-refractivity contribution is 0.372. The summed E-state index contributed by atoms with van der Waals surface area (Å²) in [6.45, 7) is 9.17. The summed E-state index contributed by atoms with van der Waals surface area (Å²) < 4.78 is 14.8. The number of nitrogens with zero attached hydrogens (tertiary/aromatic N) is 1. The third-order valence-electron chi connectivity index (χ3n) is 5.01. The van der Waals surface area contributed by atoms with Crippen molar-refractivity contribution in [3.63, 3.8) is 0 Å². The summed E-state index contributed by atoms with van der Waals surface area (Å²) in [6, 6.07) is 4.37. The van der Waals surface area contributed by atoms with Gasteiger partial charge in [-0.15, -0.1) is 6.58 Å². The van der Waals surface area contributed by atoms with Gasteiger partial charge in [-0.2, -0.15) is 0 Å². The van der Waals surface area contributed by atoms with Crippen molar-refractivity contribution < 1.29 is 4.39 Å². The van der Waals surface area contributed by atoms with Gasteiger partial charge in [-0.3, -0.25) is 0 Å². The molecule has 134 valence electrons. The monoisotopic (exact) mass is 333 g/mol. The molecule has 0 saturated heterocycles. The molecule has 3 nitrogen and oxygen atoms in total. The summed E-state index contributed by atoms with van der Waals surface area (Å²) in [7, 11) is 1.89. The number of aryl methyl sites for hydroxylation is 1. The highest BCUT2D eigenvalue weighted by Crippen LogP contribution is 2.27. The van der Waals surface area contributed by atoms with Crippen molar-refractivity contribution in [1.82, 2.24) is 10.6 Å². The van der Waals surface area contributed by atoms with Crippen LogP contribution in [0.4, 0.5) is 10.1 Å². The molecule has 1 aliphatic carbocycles. The third-order valence-corrected chi connectivity index (χ3v) is 5.01. The van der Waals surface area contributed by atoms with E-state index < -0.39 is 0 Å². The van der Waals surface area contributed by atoms with Gasteiger partial charge in [0.05, 0.1) is 11.9 Å². The molecular weight excluding hydrogens is 301 g/mol. The van der Waals surface area contributed by atoms with Gasteiger partial charge in [-0.05, 0) is 50.9 Å². The lowest BCUT2D eigenvalue weighted by atomic mass is 9.95. The van der Waals surface area contributed by atoms with Crippen molar-refractivity contribution in [3.8, 4) is 0 Å². The average molecular weight is 333 g/mol. The standard InChI is InChI=1S/C20H32FN3/c1-5-11-24(16(3)22-4)20-15(2)12-17(13-19(20)21)14-23-18-9-7-6-8-10-18/h5,12-13,16,18,22-23H,1,6-11,14H2,2-4H3. The summed E-state index contributed by atoms with van der Waals surface area (Å²) in [6.07, 6.45) is 8.31. The molecule has 0 spiro atoms. The Hall–Kier alpha value is -1.39. The molecule has 1 aliphatic rings. The number of anilines is 1. The first-order valence-corrected chi connectivity index (χ1v) is 9.14. The number of hydrogen-bond acceptors (Lipinski definition) is 3. The topological polar surface area (TPSA) is 27.3 Å². The molecule has 0 aliphatic heterocycles. The van der Waals surface area contributed by atoms with Gasteiger partial charge in [0.25, 0.3) is 0 Å². The first kappa shape index (κ1) is 18.9. The first-order chi connectivity index (χ1) is 11.6. The average Bonchev–Trinajstić information content (AvgIpc) is 2.59. The van der Waals surface area contributed by atoms with E-state index in [9.17, 15) is 4.39 Å². The minimum atomic E-state index is -0.153. The molecule has 1 atom stereocenters. The fourth-order valence-electron chi connectivity index (χ4n) is 3.58.